The Bertz CT molecular complexity index is 1190. The zero-order valence-electron chi connectivity index (χ0n) is 50.0. The van der Waals surface area contributed by atoms with Gasteiger partial charge in [0.2, 0.25) is 5.91 Å². The van der Waals surface area contributed by atoms with Crippen molar-refractivity contribution in [3.8, 4) is 0 Å². The summed E-state index contributed by atoms with van der Waals surface area (Å²) < 4.78 is 0. The average molecular weight is 1040 g/mol. The Morgan fingerprint density at radius 3 is 0.905 bits per heavy atom. The van der Waals surface area contributed by atoms with Crippen molar-refractivity contribution in [2.45, 2.75) is 379 Å². The van der Waals surface area contributed by atoms with Crippen molar-refractivity contribution < 1.29 is 20.1 Å². The van der Waals surface area contributed by atoms with Gasteiger partial charge in [-0.05, 0) is 83.5 Å². The maximum absolute atomic E-state index is 12.6. The number of aliphatic hydroxyl groups is 3. The van der Waals surface area contributed by atoms with Crippen molar-refractivity contribution in [1.82, 2.24) is 5.32 Å². The van der Waals surface area contributed by atoms with Crippen LogP contribution in [-0.2, 0) is 4.79 Å². The molecule has 0 rings (SSSR count). The Balaban J connectivity index is 3.51. The number of carbonyl (C=O) groups is 1. The summed E-state index contributed by atoms with van der Waals surface area (Å²) in [5.41, 5.74) is 0. The molecule has 0 saturated carbocycles. The highest BCUT2D eigenvalue weighted by molar-refractivity contribution is 5.76. The van der Waals surface area contributed by atoms with E-state index >= 15 is 0 Å². The van der Waals surface area contributed by atoms with E-state index in [1.165, 1.54) is 283 Å². The standard InChI is InChI=1S/C69H131NO4/c1-3-5-7-9-11-13-15-17-19-21-23-25-26-27-28-29-30-31-32-33-34-35-36-37-38-39-40-41-42-44-46-48-50-52-54-56-58-60-62-64-68(73)70-66(65-71)69(74)67(72)63-61-59-57-55-53-51-49-47-45-43-24-22-20-18-16-14-12-10-8-6-4-2/h30-31,33-34,47,49,55,57,66-67,69,71-72,74H,3-29,32,35-46,48,50-54,56,58-65H2,1-2H3,(H,70,73)/b31-30-,34-33-,49-47+,57-55+. The van der Waals surface area contributed by atoms with Crippen LogP contribution in [0.25, 0.3) is 0 Å². The summed E-state index contributed by atoms with van der Waals surface area (Å²) in [6.07, 6.45) is 86.1. The van der Waals surface area contributed by atoms with E-state index in [0.29, 0.717) is 12.8 Å². The largest absolute Gasteiger partial charge is 0.394 e. The lowest BCUT2D eigenvalue weighted by Gasteiger charge is -2.26. The molecule has 3 atom stereocenters. The van der Waals surface area contributed by atoms with Crippen molar-refractivity contribution in [1.29, 1.82) is 0 Å². The van der Waals surface area contributed by atoms with Crippen LogP contribution in [0.5, 0.6) is 0 Å². The number of carbonyl (C=O) groups excluding carboxylic acids is 1. The molecule has 0 saturated heterocycles. The molecule has 5 heteroatoms. The van der Waals surface area contributed by atoms with E-state index in [4.69, 9.17) is 0 Å². The molecule has 74 heavy (non-hydrogen) atoms. The normalized spacial score (nSPS) is 13.4. The monoisotopic (exact) mass is 1040 g/mol. The molecule has 1 amide bonds. The molecule has 0 fully saturated rings. The Morgan fingerprint density at radius 1 is 0.338 bits per heavy atom. The predicted octanol–water partition coefficient (Wildman–Crippen LogP) is 21.5. The quantitative estimate of drug-likeness (QED) is 0.0361. The molecule has 0 radical (unpaired) electrons. The second-order valence-electron chi connectivity index (χ2n) is 23.0. The molecular weight excluding hydrogens is 907 g/mol. The minimum atomic E-state index is -1.17. The van der Waals surface area contributed by atoms with E-state index in [-0.39, 0.29) is 12.5 Å². The summed E-state index contributed by atoms with van der Waals surface area (Å²) in [6.45, 7) is 4.20. The minimum absolute atomic E-state index is 0.154. The fourth-order valence-electron chi connectivity index (χ4n) is 10.5. The summed E-state index contributed by atoms with van der Waals surface area (Å²) in [6, 6.07) is -0.834. The third kappa shape index (κ3) is 58.0. The number of aliphatic hydroxyl groups excluding tert-OH is 3. The number of unbranched alkanes of at least 4 members (excludes halogenated alkanes) is 46. The molecule has 0 spiro atoms. The van der Waals surface area contributed by atoms with E-state index in [1.54, 1.807) is 0 Å². The van der Waals surface area contributed by atoms with E-state index in [1.807, 2.05) is 0 Å². The van der Waals surface area contributed by atoms with Crippen LogP contribution in [-0.4, -0.2) is 46.1 Å². The summed E-state index contributed by atoms with van der Waals surface area (Å²) in [7, 11) is 0. The molecule has 0 aromatic carbocycles. The molecule has 5 nitrogen and oxygen atoms in total. The molecule has 0 heterocycles. The SMILES string of the molecule is CCCCCCCCCCCCCC/C=C/CC/C=C/CCCC(O)C(O)C(CO)NC(=O)CCCCCCCCCCCCCCCCCCC/C=C\C/C=C\CCCCCCCCCCCCCCCCC. The predicted molar refractivity (Wildman–Crippen MR) is 328 cm³/mol. The third-order valence-corrected chi connectivity index (χ3v) is 15.6. The average Bonchev–Trinajstić information content (AvgIpc) is 3.41. The number of rotatable bonds is 62. The summed E-state index contributed by atoms with van der Waals surface area (Å²) in [5.74, 6) is -0.154. The van der Waals surface area contributed by atoms with Crippen LogP contribution < -0.4 is 5.32 Å². The first-order valence-corrected chi connectivity index (χ1v) is 33.4. The molecule has 436 valence electrons. The van der Waals surface area contributed by atoms with Crippen LogP contribution in [0.2, 0.25) is 0 Å². The van der Waals surface area contributed by atoms with Gasteiger partial charge in [-0.15, -0.1) is 0 Å². The molecule has 3 unspecified atom stereocenters. The van der Waals surface area contributed by atoms with Crippen molar-refractivity contribution in [3.63, 3.8) is 0 Å². The van der Waals surface area contributed by atoms with Gasteiger partial charge < -0.3 is 20.6 Å². The van der Waals surface area contributed by atoms with E-state index in [0.717, 1.165) is 51.4 Å². The van der Waals surface area contributed by atoms with Crippen LogP contribution >= 0.6 is 0 Å². The van der Waals surface area contributed by atoms with Gasteiger partial charge in [-0.2, -0.15) is 0 Å². The van der Waals surface area contributed by atoms with Gasteiger partial charge in [-0.25, -0.2) is 0 Å². The Morgan fingerprint density at radius 2 is 0.595 bits per heavy atom. The molecule has 0 aromatic heterocycles. The second kappa shape index (κ2) is 63.8. The van der Waals surface area contributed by atoms with Gasteiger partial charge in [-0.1, -0.05) is 319 Å². The maximum Gasteiger partial charge on any atom is 0.220 e. The fourth-order valence-corrected chi connectivity index (χ4v) is 10.5. The highest BCUT2D eigenvalue weighted by Gasteiger charge is 2.26. The summed E-state index contributed by atoms with van der Waals surface area (Å²) in [4.78, 5) is 12.6. The van der Waals surface area contributed by atoms with Gasteiger partial charge in [0.25, 0.3) is 0 Å². The van der Waals surface area contributed by atoms with Gasteiger partial charge >= 0.3 is 0 Å². The topological polar surface area (TPSA) is 89.8 Å². The molecular formula is C69H131NO4. The summed E-state index contributed by atoms with van der Waals surface area (Å²) in [5, 5.41) is 33.8. The van der Waals surface area contributed by atoms with Gasteiger partial charge in [0.1, 0.15) is 6.10 Å². The molecule has 4 N–H and O–H groups in total. The number of hydrogen-bond acceptors (Lipinski definition) is 4. The highest BCUT2D eigenvalue weighted by Crippen LogP contribution is 2.18. The number of nitrogens with one attached hydrogen (secondary N) is 1. The van der Waals surface area contributed by atoms with Crippen molar-refractivity contribution in [3.05, 3.63) is 48.6 Å². The van der Waals surface area contributed by atoms with E-state index in [9.17, 15) is 20.1 Å². The van der Waals surface area contributed by atoms with Crippen LogP contribution in [0.3, 0.4) is 0 Å². The van der Waals surface area contributed by atoms with Gasteiger partial charge in [0.15, 0.2) is 0 Å². The van der Waals surface area contributed by atoms with Crippen LogP contribution in [0.15, 0.2) is 48.6 Å². The van der Waals surface area contributed by atoms with Crippen molar-refractivity contribution in [2.75, 3.05) is 6.61 Å². The van der Waals surface area contributed by atoms with E-state index < -0.39 is 18.2 Å². The number of allylic oxidation sites excluding steroid dienone is 8. The molecule has 0 aliphatic carbocycles. The first kappa shape index (κ1) is 72.3. The lowest BCUT2D eigenvalue weighted by Crippen LogP contribution is -2.50. The van der Waals surface area contributed by atoms with Crippen LogP contribution in [0.4, 0.5) is 0 Å². The van der Waals surface area contributed by atoms with E-state index in [2.05, 4.69) is 67.8 Å². The van der Waals surface area contributed by atoms with Crippen molar-refractivity contribution in [2.24, 2.45) is 0 Å². The lowest BCUT2D eigenvalue weighted by molar-refractivity contribution is -0.124. The molecule has 0 aromatic rings. The highest BCUT2D eigenvalue weighted by atomic mass is 16.3. The molecule has 0 bridgehead atoms. The molecule has 0 aliphatic rings. The van der Waals surface area contributed by atoms with Gasteiger partial charge in [0, 0.05) is 6.42 Å². The number of hydrogen-bond donors (Lipinski definition) is 4. The zero-order chi connectivity index (χ0) is 53.6. The van der Waals surface area contributed by atoms with Crippen LogP contribution in [0, 0.1) is 0 Å². The van der Waals surface area contributed by atoms with Crippen molar-refractivity contribution >= 4 is 5.91 Å². The Hall–Kier alpha value is -1.69. The van der Waals surface area contributed by atoms with Gasteiger partial charge in [-0.3, -0.25) is 4.79 Å². The van der Waals surface area contributed by atoms with Crippen LogP contribution in [0.1, 0.15) is 361 Å². The Kier molecular flexibility index (Phi) is 62.4. The summed E-state index contributed by atoms with van der Waals surface area (Å²) >= 11 is 0. The zero-order valence-corrected chi connectivity index (χ0v) is 50.0. The van der Waals surface area contributed by atoms with Gasteiger partial charge in [0.05, 0.1) is 18.8 Å². The maximum atomic E-state index is 12.6. The number of amides is 1. The first-order chi connectivity index (χ1) is 36.6. The third-order valence-electron chi connectivity index (χ3n) is 15.6. The second-order valence-corrected chi connectivity index (χ2v) is 23.0. The first-order valence-electron chi connectivity index (χ1n) is 33.4. The fraction of sp³-hybridized carbons (Fsp3) is 0.870. The lowest BCUT2D eigenvalue weighted by atomic mass is 10.0. The smallest absolute Gasteiger partial charge is 0.220 e. The molecule has 0 aliphatic heterocycles. The minimum Gasteiger partial charge on any atom is -0.394 e. The Labute approximate surface area is 463 Å².